The Morgan fingerprint density at radius 2 is 2.38 bits per heavy atom. The zero-order chi connectivity index (χ0) is 12.1. The molecule has 0 bridgehead atoms. The summed E-state index contributed by atoms with van der Waals surface area (Å²) in [6.07, 6.45) is 0.420. The molecule has 16 heavy (non-hydrogen) atoms. The van der Waals surface area contributed by atoms with E-state index in [1.165, 1.54) is 0 Å². The van der Waals surface area contributed by atoms with Crippen molar-refractivity contribution in [2.75, 3.05) is 13.1 Å². The van der Waals surface area contributed by atoms with E-state index in [2.05, 4.69) is 15.3 Å². The second kappa shape index (κ2) is 5.31. The summed E-state index contributed by atoms with van der Waals surface area (Å²) in [5.74, 6) is -0.0138. The van der Waals surface area contributed by atoms with Crippen LogP contribution in [0.3, 0.4) is 0 Å². The van der Waals surface area contributed by atoms with E-state index < -0.39 is 12.2 Å². The summed E-state index contributed by atoms with van der Waals surface area (Å²) in [4.78, 5) is 20.1. The van der Waals surface area contributed by atoms with Gasteiger partial charge in [-0.25, -0.2) is 4.99 Å². The lowest BCUT2D eigenvalue weighted by atomic mass is 10.4. The molecule has 0 aromatic carbocycles. The largest absolute Gasteiger partial charge is 0.369 e. The maximum atomic E-state index is 10.5. The van der Waals surface area contributed by atoms with Gasteiger partial charge < -0.3 is 21.7 Å². The van der Waals surface area contributed by atoms with Crippen LogP contribution in [-0.4, -0.2) is 42.1 Å². The first-order valence-electron chi connectivity index (χ1n) is 5.00. The zero-order valence-corrected chi connectivity index (χ0v) is 9.18. The lowest BCUT2D eigenvalue weighted by Crippen LogP contribution is -2.61. The highest BCUT2D eigenvalue weighted by Crippen LogP contribution is 1.99. The molecule has 1 amide bonds. The van der Waals surface area contributed by atoms with Gasteiger partial charge in [-0.2, -0.15) is 4.99 Å². The Labute approximate surface area is 93.6 Å². The summed E-state index contributed by atoms with van der Waals surface area (Å²) in [5.41, 5.74) is 16.5. The molecule has 0 aromatic rings. The molecule has 8 heteroatoms. The average molecular weight is 227 g/mol. The van der Waals surface area contributed by atoms with Crippen LogP contribution in [0.2, 0.25) is 0 Å². The Kier molecular flexibility index (Phi) is 4.06. The summed E-state index contributed by atoms with van der Waals surface area (Å²) in [7, 11) is 0. The molecule has 90 valence electrons. The van der Waals surface area contributed by atoms with Gasteiger partial charge in [0.1, 0.15) is 6.54 Å². The molecule has 0 saturated carbocycles. The fourth-order valence-electron chi connectivity index (χ4n) is 1.29. The predicted molar refractivity (Wildman–Crippen MR) is 61.2 cm³/mol. The number of nitrogens with one attached hydrogen (secondary N) is 1. The van der Waals surface area contributed by atoms with Crippen LogP contribution in [0.1, 0.15) is 13.3 Å². The number of nitrogens with zero attached hydrogens (tertiary/aromatic N) is 3. The maximum Gasteiger partial charge on any atom is 0.239 e. The molecule has 8 nitrogen and oxygen atoms in total. The molecule has 1 atom stereocenters. The molecule has 0 aromatic heterocycles. The van der Waals surface area contributed by atoms with Crippen LogP contribution >= 0.6 is 0 Å². The lowest BCUT2D eigenvalue weighted by molar-refractivity contribution is -0.116. The maximum absolute atomic E-state index is 10.5. The number of hydrogen-bond donors (Lipinski definition) is 4. The quantitative estimate of drug-likeness (QED) is 0.428. The van der Waals surface area contributed by atoms with Crippen LogP contribution < -0.4 is 22.5 Å². The number of hydrogen-bond acceptors (Lipinski definition) is 5. The van der Waals surface area contributed by atoms with E-state index >= 15 is 0 Å². The molecule has 0 saturated heterocycles. The fraction of sp³-hybridized carbons (Fsp3) is 0.625. The molecule has 1 heterocycles. The van der Waals surface area contributed by atoms with E-state index in [0.717, 1.165) is 6.42 Å². The van der Waals surface area contributed by atoms with Crippen molar-refractivity contribution in [3.8, 4) is 0 Å². The third-order valence-corrected chi connectivity index (χ3v) is 1.98. The number of aliphatic imine (C=N–C) groups is 2. The molecule has 0 fully saturated rings. The van der Waals surface area contributed by atoms with E-state index in [9.17, 15) is 4.79 Å². The number of primary amides is 1. The summed E-state index contributed by atoms with van der Waals surface area (Å²) in [6, 6.07) is 0. The zero-order valence-electron chi connectivity index (χ0n) is 9.18. The molecule has 1 aliphatic rings. The third-order valence-electron chi connectivity index (χ3n) is 1.98. The van der Waals surface area contributed by atoms with Gasteiger partial charge in [0.25, 0.3) is 0 Å². The van der Waals surface area contributed by atoms with Crippen molar-refractivity contribution in [3.05, 3.63) is 0 Å². The molecule has 0 radical (unpaired) electrons. The SMILES string of the molecule is CCCN1C(N)=NC(=NCC(N)=O)NC1N. The van der Waals surface area contributed by atoms with Gasteiger partial charge in [-0.15, -0.1) is 0 Å². The van der Waals surface area contributed by atoms with Crippen LogP contribution in [0.25, 0.3) is 0 Å². The molecular formula is C8H17N7O. The van der Waals surface area contributed by atoms with Gasteiger partial charge in [0.15, 0.2) is 6.29 Å². The van der Waals surface area contributed by atoms with Gasteiger partial charge in [0, 0.05) is 6.54 Å². The van der Waals surface area contributed by atoms with Crippen molar-refractivity contribution < 1.29 is 4.79 Å². The van der Waals surface area contributed by atoms with E-state index in [1.807, 2.05) is 6.92 Å². The standard InChI is InChI=1S/C8H17N7O/c1-2-3-15-6(10)13-8(14-7(15)11)12-4-5(9)16/h6H,2-4,10H2,1H3,(H2,9,16)(H3,11,12,13,14). The topological polar surface area (TPSA) is 135 Å². The molecule has 7 N–H and O–H groups in total. The molecular weight excluding hydrogens is 210 g/mol. The van der Waals surface area contributed by atoms with Crippen molar-refractivity contribution in [1.82, 2.24) is 10.2 Å². The minimum atomic E-state index is -0.535. The van der Waals surface area contributed by atoms with Crippen LogP contribution in [0, 0.1) is 0 Å². The lowest BCUT2D eigenvalue weighted by Gasteiger charge is -2.33. The summed E-state index contributed by atoms with van der Waals surface area (Å²) in [6.45, 7) is 2.57. The van der Waals surface area contributed by atoms with Gasteiger partial charge >= 0.3 is 0 Å². The normalized spacial score (nSPS) is 22.9. The summed E-state index contributed by atoms with van der Waals surface area (Å²) in [5, 5.41) is 2.82. The number of carbonyl (C=O) groups is 1. The number of guanidine groups is 2. The highest BCUT2D eigenvalue weighted by Gasteiger charge is 2.22. The van der Waals surface area contributed by atoms with Gasteiger partial charge in [0.2, 0.25) is 17.8 Å². The molecule has 1 aliphatic heterocycles. The fourth-order valence-corrected chi connectivity index (χ4v) is 1.29. The Morgan fingerprint density at radius 3 is 2.88 bits per heavy atom. The molecule has 0 aliphatic carbocycles. The minimum Gasteiger partial charge on any atom is -0.369 e. The van der Waals surface area contributed by atoms with Crippen LogP contribution in [0.15, 0.2) is 9.98 Å². The van der Waals surface area contributed by atoms with Crippen molar-refractivity contribution in [2.24, 2.45) is 27.2 Å². The van der Waals surface area contributed by atoms with Crippen LogP contribution in [0.4, 0.5) is 0 Å². The number of nitrogens with two attached hydrogens (primary N) is 3. The second-order valence-corrected chi connectivity index (χ2v) is 3.36. The smallest absolute Gasteiger partial charge is 0.239 e. The Morgan fingerprint density at radius 1 is 1.69 bits per heavy atom. The summed E-state index contributed by atoms with van der Waals surface area (Å²) >= 11 is 0. The van der Waals surface area contributed by atoms with Gasteiger partial charge in [-0.05, 0) is 6.42 Å². The van der Waals surface area contributed by atoms with Crippen LogP contribution in [0.5, 0.6) is 0 Å². The van der Waals surface area contributed by atoms with E-state index in [-0.39, 0.29) is 18.5 Å². The average Bonchev–Trinajstić information content (AvgIpc) is 2.20. The molecule has 1 unspecified atom stereocenters. The predicted octanol–water partition coefficient (Wildman–Crippen LogP) is -2.30. The van der Waals surface area contributed by atoms with Crippen molar-refractivity contribution >= 4 is 17.8 Å². The number of rotatable bonds is 4. The first-order valence-corrected chi connectivity index (χ1v) is 5.00. The summed E-state index contributed by atoms with van der Waals surface area (Å²) < 4.78 is 0. The highest BCUT2D eigenvalue weighted by molar-refractivity contribution is 5.97. The van der Waals surface area contributed by atoms with Crippen molar-refractivity contribution in [1.29, 1.82) is 0 Å². The molecule has 0 spiro atoms. The Bertz CT molecular complexity index is 324. The van der Waals surface area contributed by atoms with Gasteiger partial charge in [-0.3, -0.25) is 10.5 Å². The Balaban J connectivity index is 2.74. The first-order chi connectivity index (χ1) is 7.54. The van der Waals surface area contributed by atoms with E-state index in [1.54, 1.807) is 4.90 Å². The highest BCUT2D eigenvalue weighted by atomic mass is 16.1. The van der Waals surface area contributed by atoms with Crippen molar-refractivity contribution in [2.45, 2.75) is 19.6 Å². The van der Waals surface area contributed by atoms with E-state index in [0.29, 0.717) is 6.54 Å². The van der Waals surface area contributed by atoms with Crippen molar-refractivity contribution in [3.63, 3.8) is 0 Å². The second-order valence-electron chi connectivity index (χ2n) is 3.36. The Hall–Kier alpha value is -1.83. The number of amides is 1. The van der Waals surface area contributed by atoms with E-state index in [4.69, 9.17) is 17.2 Å². The van der Waals surface area contributed by atoms with Gasteiger partial charge in [-0.1, -0.05) is 6.92 Å². The number of carbonyl (C=O) groups excluding carboxylic acids is 1. The van der Waals surface area contributed by atoms with Gasteiger partial charge in [0.05, 0.1) is 0 Å². The van der Waals surface area contributed by atoms with Crippen LogP contribution in [-0.2, 0) is 4.79 Å². The minimum absolute atomic E-state index is 0.139. The molecule has 1 rings (SSSR count). The monoisotopic (exact) mass is 227 g/mol. The first kappa shape index (κ1) is 12.2. The third kappa shape index (κ3) is 3.09.